The number of rotatable bonds is 5. The maximum atomic E-state index is 12.7. The molecular weight excluding hydrogens is 475 g/mol. The number of nitrogens with one attached hydrogen (secondary N) is 1. The molecule has 3 aromatic rings. The number of anilines is 2. The van der Waals surface area contributed by atoms with Crippen LogP contribution < -0.4 is 9.62 Å². The third-order valence-corrected chi connectivity index (χ3v) is 6.52. The summed E-state index contributed by atoms with van der Waals surface area (Å²) in [5.41, 5.74) is 1.63. The van der Waals surface area contributed by atoms with Gasteiger partial charge in [-0.05, 0) is 83.3 Å². The van der Waals surface area contributed by atoms with Gasteiger partial charge in [0, 0.05) is 21.9 Å². The molecule has 0 spiro atoms. The van der Waals surface area contributed by atoms with Gasteiger partial charge in [-0.2, -0.15) is 0 Å². The van der Waals surface area contributed by atoms with E-state index in [1.54, 1.807) is 54.6 Å². The Morgan fingerprint density at radius 1 is 0.889 bits per heavy atom. The van der Waals surface area contributed by atoms with Crippen molar-refractivity contribution in [2.24, 2.45) is 0 Å². The second-order valence-electron chi connectivity index (χ2n) is 5.79. The zero-order chi connectivity index (χ0) is 19.4. The van der Waals surface area contributed by atoms with Crippen molar-refractivity contribution in [2.75, 3.05) is 16.7 Å². The lowest BCUT2D eigenvalue weighted by Gasteiger charge is -2.19. The highest BCUT2D eigenvalue weighted by Gasteiger charge is 2.21. The summed E-state index contributed by atoms with van der Waals surface area (Å²) in [6.07, 6.45) is 0. The molecule has 0 fully saturated rings. The van der Waals surface area contributed by atoms with Crippen molar-refractivity contribution >= 4 is 49.9 Å². The molecule has 0 aromatic heterocycles. The van der Waals surface area contributed by atoms with Crippen LogP contribution in [0, 0.1) is 3.57 Å². The molecule has 27 heavy (non-hydrogen) atoms. The molecule has 0 bridgehead atoms. The molecule has 138 valence electrons. The van der Waals surface area contributed by atoms with Gasteiger partial charge in [-0.1, -0.05) is 18.2 Å². The van der Waals surface area contributed by atoms with Crippen molar-refractivity contribution in [3.8, 4) is 0 Å². The number of benzene rings is 3. The zero-order valence-corrected chi connectivity index (χ0v) is 17.4. The van der Waals surface area contributed by atoms with E-state index in [1.165, 1.54) is 11.4 Å². The van der Waals surface area contributed by atoms with E-state index < -0.39 is 10.0 Å². The third-order valence-electron chi connectivity index (χ3n) is 4.00. The first-order valence-electron chi connectivity index (χ1n) is 8.09. The summed E-state index contributed by atoms with van der Waals surface area (Å²) < 4.78 is 27.6. The molecular formula is C20H17IN2O3S. The highest BCUT2D eigenvalue weighted by atomic mass is 127. The Bertz CT molecular complexity index is 1030. The molecule has 0 saturated heterocycles. The van der Waals surface area contributed by atoms with Crippen LogP contribution in [0.15, 0.2) is 83.8 Å². The molecule has 0 unspecified atom stereocenters. The fourth-order valence-electron chi connectivity index (χ4n) is 2.45. The smallest absolute Gasteiger partial charge is 0.264 e. The topological polar surface area (TPSA) is 66.5 Å². The van der Waals surface area contributed by atoms with Gasteiger partial charge in [0.05, 0.1) is 10.6 Å². The minimum Gasteiger partial charge on any atom is -0.322 e. The van der Waals surface area contributed by atoms with Crippen LogP contribution in [0.4, 0.5) is 11.4 Å². The lowest BCUT2D eigenvalue weighted by molar-refractivity contribution is 0.102. The molecule has 3 aromatic carbocycles. The average molecular weight is 492 g/mol. The Morgan fingerprint density at radius 3 is 2.07 bits per heavy atom. The minimum absolute atomic E-state index is 0.216. The number of carbonyl (C=O) groups is 1. The number of nitrogens with zero attached hydrogens (tertiary/aromatic N) is 1. The number of hydrogen-bond acceptors (Lipinski definition) is 3. The van der Waals surface area contributed by atoms with Gasteiger partial charge in [0.25, 0.3) is 15.9 Å². The Balaban J connectivity index is 1.76. The summed E-state index contributed by atoms with van der Waals surface area (Å²) in [4.78, 5) is 12.6. The second kappa shape index (κ2) is 8.10. The predicted octanol–water partition coefficient (Wildman–Crippen LogP) is 4.37. The molecule has 1 amide bonds. The lowest BCUT2D eigenvalue weighted by Crippen LogP contribution is -2.26. The van der Waals surface area contributed by atoms with Crippen molar-refractivity contribution in [3.63, 3.8) is 0 Å². The average Bonchev–Trinajstić information content (AvgIpc) is 2.70. The highest BCUT2D eigenvalue weighted by Crippen LogP contribution is 2.22. The van der Waals surface area contributed by atoms with E-state index in [0.717, 1.165) is 3.57 Å². The van der Waals surface area contributed by atoms with E-state index in [9.17, 15) is 13.2 Å². The zero-order valence-electron chi connectivity index (χ0n) is 14.5. The first kappa shape index (κ1) is 19.4. The van der Waals surface area contributed by atoms with Gasteiger partial charge in [0.15, 0.2) is 0 Å². The van der Waals surface area contributed by atoms with Crippen LogP contribution in [0.5, 0.6) is 0 Å². The highest BCUT2D eigenvalue weighted by molar-refractivity contribution is 14.1. The Labute approximate surface area is 172 Å². The molecule has 0 aliphatic carbocycles. The van der Waals surface area contributed by atoms with Crippen molar-refractivity contribution < 1.29 is 13.2 Å². The maximum absolute atomic E-state index is 12.7. The monoisotopic (exact) mass is 492 g/mol. The Hall–Kier alpha value is -2.39. The SMILES string of the molecule is CN(c1ccc(C(=O)Nc2ccc(I)cc2)cc1)S(=O)(=O)c1ccccc1. The van der Waals surface area contributed by atoms with E-state index >= 15 is 0 Å². The Kier molecular flexibility index (Phi) is 5.81. The van der Waals surface area contributed by atoms with Crippen molar-refractivity contribution in [1.29, 1.82) is 0 Å². The molecule has 0 saturated carbocycles. The number of carbonyl (C=O) groups excluding carboxylic acids is 1. The van der Waals surface area contributed by atoms with Crippen LogP contribution in [-0.2, 0) is 10.0 Å². The predicted molar refractivity (Wildman–Crippen MR) is 116 cm³/mol. The molecule has 7 heteroatoms. The van der Waals surface area contributed by atoms with Crippen molar-refractivity contribution in [1.82, 2.24) is 0 Å². The van der Waals surface area contributed by atoms with Crippen LogP contribution in [0.25, 0.3) is 0 Å². The van der Waals surface area contributed by atoms with Crippen LogP contribution in [0.2, 0.25) is 0 Å². The number of halogens is 1. The van der Waals surface area contributed by atoms with Gasteiger partial charge in [-0.25, -0.2) is 8.42 Å². The summed E-state index contributed by atoms with van der Waals surface area (Å²) >= 11 is 2.20. The normalized spacial score (nSPS) is 11.0. The number of hydrogen-bond donors (Lipinski definition) is 1. The molecule has 0 radical (unpaired) electrons. The van der Waals surface area contributed by atoms with Gasteiger partial charge in [0.1, 0.15) is 0 Å². The second-order valence-corrected chi connectivity index (χ2v) is 9.01. The van der Waals surface area contributed by atoms with Crippen LogP contribution in [0.1, 0.15) is 10.4 Å². The summed E-state index contributed by atoms with van der Waals surface area (Å²) in [5, 5.41) is 2.82. The summed E-state index contributed by atoms with van der Waals surface area (Å²) in [7, 11) is -2.16. The fourth-order valence-corrected chi connectivity index (χ4v) is 4.02. The molecule has 0 atom stereocenters. The number of amides is 1. The molecule has 5 nitrogen and oxygen atoms in total. The van der Waals surface area contributed by atoms with E-state index in [2.05, 4.69) is 27.9 Å². The first-order chi connectivity index (χ1) is 12.9. The van der Waals surface area contributed by atoms with E-state index in [-0.39, 0.29) is 10.8 Å². The fraction of sp³-hybridized carbons (Fsp3) is 0.0500. The van der Waals surface area contributed by atoms with E-state index in [4.69, 9.17) is 0 Å². The quantitative estimate of drug-likeness (QED) is 0.539. The maximum Gasteiger partial charge on any atom is 0.264 e. The Morgan fingerprint density at radius 2 is 1.48 bits per heavy atom. The third kappa shape index (κ3) is 4.48. The van der Waals surface area contributed by atoms with Crippen LogP contribution in [0.3, 0.4) is 0 Å². The lowest BCUT2D eigenvalue weighted by atomic mass is 10.2. The van der Waals surface area contributed by atoms with Gasteiger partial charge >= 0.3 is 0 Å². The minimum atomic E-state index is -3.65. The van der Waals surface area contributed by atoms with Gasteiger partial charge in [-0.15, -0.1) is 0 Å². The first-order valence-corrected chi connectivity index (χ1v) is 10.6. The molecule has 0 heterocycles. The van der Waals surface area contributed by atoms with Gasteiger partial charge < -0.3 is 5.32 Å². The van der Waals surface area contributed by atoms with Gasteiger partial charge in [0.2, 0.25) is 0 Å². The van der Waals surface area contributed by atoms with E-state index in [0.29, 0.717) is 16.9 Å². The largest absolute Gasteiger partial charge is 0.322 e. The van der Waals surface area contributed by atoms with E-state index in [1.807, 2.05) is 24.3 Å². The van der Waals surface area contributed by atoms with Crippen molar-refractivity contribution in [3.05, 3.63) is 88.0 Å². The molecule has 0 aliphatic rings. The molecule has 1 N–H and O–H groups in total. The summed E-state index contributed by atoms with van der Waals surface area (Å²) in [6, 6.07) is 22.1. The standard InChI is InChI=1S/C20H17IN2O3S/c1-23(27(25,26)19-5-3-2-4-6-19)18-13-7-15(8-14-18)20(24)22-17-11-9-16(21)10-12-17/h2-14H,1H3,(H,22,24). The molecule has 0 aliphatic heterocycles. The van der Waals surface area contributed by atoms with Crippen molar-refractivity contribution in [2.45, 2.75) is 4.90 Å². The van der Waals surface area contributed by atoms with Gasteiger partial charge in [-0.3, -0.25) is 9.10 Å². The van der Waals surface area contributed by atoms with Crippen LogP contribution >= 0.6 is 22.6 Å². The summed E-state index contributed by atoms with van der Waals surface area (Å²) in [5.74, 6) is -0.253. The molecule has 3 rings (SSSR count). The number of sulfonamides is 1. The van der Waals surface area contributed by atoms with Crippen LogP contribution in [-0.4, -0.2) is 21.4 Å². The summed E-state index contributed by atoms with van der Waals surface area (Å²) in [6.45, 7) is 0.